The van der Waals surface area contributed by atoms with E-state index in [9.17, 15) is 14.4 Å². The van der Waals surface area contributed by atoms with E-state index in [1.807, 2.05) is 0 Å². The lowest BCUT2D eigenvalue weighted by atomic mass is 9.94. The second-order valence-electron chi connectivity index (χ2n) is 4.89. The summed E-state index contributed by atoms with van der Waals surface area (Å²) in [5.74, 6) is -2.67. The number of nitrogens with zero attached hydrogens (tertiary/aromatic N) is 2. The molecule has 0 saturated carbocycles. The van der Waals surface area contributed by atoms with Crippen LogP contribution in [0.3, 0.4) is 0 Å². The Kier molecular flexibility index (Phi) is 4.69. The summed E-state index contributed by atoms with van der Waals surface area (Å²) in [6, 6.07) is 0. The van der Waals surface area contributed by atoms with E-state index < -0.39 is 11.9 Å². The van der Waals surface area contributed by atoms with Crippen LogP contribution < -0.4 is 0 Å². The number of aliphatic carboxylic acids is 1. The van der Waals surface area contributed by atoms with Gasteiger partial charge in [0.05, 0.1) is 0 Å². The van der Waals surface area contributed by atoms with Crippen LogP contribution in [-0.4, -0.2) is 58.9 Å². The lowest BCUT2D eigenvalue weighted by Gasteiger charge is -2.35. The largest absolute Gasteiger partial charge is 0.481 e. The smallest absolute Gasteiger partial charge is 0.316 e. The van der Waals surface area contributed by atoms with Gasteiger partial charge >= 0.3 is 5.97 Å². The molecular weight excluding hydrogens is 236 g/mol. The van der Waals surface area contributed by atoms with Crippen LogP contribution in [-0.2, 0) is 14.4 Å². The van der Waals surface area contributed by atoms with Crippen molar-refractivity contribution in [2.45, 2.75) is 20.8 Å². The summed E-state index contributed by atoms with van der Waals surface area (Å²) in [4.78, 5) is 37.5. The number of carbonyl (C=O) groups is 3. The Bertz CT molecular complexity index is 346. The van der Waals surface area contributed by atoms with Gasteiger partial charge in [0, 0.05) is 33.1 Å². The summed E-state index contributed by atoms with van der Waals surface area (Å²) in [7, 11) is 0. The number of carboxylic acids is 1. The van der Waals surface area contributed by atoms with Crippen LogP contribution in [0.15, 0.2) is 0 Å². The summed E-state index contributed by atoms with van der Waals surface area (Å²) in [6.45, 7) is 6.72. The Morgan fingerprint density at radius 2 is 1.44 bits per heavy atom. The maximum Gasteiger partial charge on any atom is 0.316 e. The van der Waals surface area contributed by atoms with Gasteiger partial charge in [-0.05, 0) is 5.92 Å². The first kappa shape index (κ1) is 14.5. The predicted molar refractivity (Wildman–Crippen MR) is 64.8 cm³/mol. The van der Waals surface area contributed by atoms with Crippen molar-refractivity contribution in [2.24, 2.45) is 11.8 Å². The summed E-state index contributed by atoms with van der Waals surface area (Å²) >= 11 is 0. The maximum atomic E-state index is 12.1. The van der Waals surface area contributed by atoms with Crippen LogP contribution >= 0.6 is 0 Å². The van der Waals surface area contributed by atoms with Gasteiger partial charge in [-0.25, -0.2) is 0 Å². The number of carbonyl (C=O) groups excluding carboxylic acids is 2. The maximum absolute atomic E-state index is 12.1. The van der Waals surface area contributed by atoms with Crippen LogP contribution in [0.1, 0.15) is 20.8 Å². The molecule has 0 radical (unpaired) electrons. The van der Waals surface area contributed by atoms with Crippen LogP contribution in [0.2, 0.25) is 0 Å². The molecule has 1 aliphatic heterocycles. The van der Waals surface area contributed by atoms with Crippen molar-refractivity contribution in [3.63, 3.8) is 0 Å². The topological polar surface area (TPSA) is 77.9 Å². The molecule has 6 heteroatoms. The van der Waals surface area contributed by atoms with Crippen molar-refractivity contribution in [2.75, 3.05) is 26.2 Å². The minimum absolute atomic E-state index is 0.0132. The number of piperazine rings is 1. The van der Waals surface area contributed by atoms with E-state index in [4.69, 9.17) is 5.11 Å². The third kappa shape index (κ3) is 3.21. The van der Waals surface area contributed by atoms with E-state index >= 15 is 0 Å². The summed E-state index contributed by atoms with van der Waals surface area (Å²) in [5, 5.41) is 9.07. The van der Waals surface area contributed by atoms with Crippen LogP contribution in [0, 0.1) is 11.8 Å². The molecule has 1 heterocycles. The molecule has 2 amide bonds. The van der Waals surface area contributed by atoms with Gasteiger partial charge in [-0.2, -0.15) is 0 Å². The molecule has 0 aromatic carbocycles. The average molecular weight is 256 g/mol. The number of carboxylic acid groups (broad SMARTS) is 1. The normalized spacial score (nSPS) is 17.8. The van der Waals surface area contributed by atoms with Crippen LogP contribution in [0.4, 0.5) is 0 Å². The van der Waals surface area contributed by atoms with Gasteiger partial charge in [-0.15, -0.1) is 0 Å². The number of rotatable bonds is 3. The Morgan fingerprint density at radius 1 is 1.00 bits per heavy atom. The highest BCUT2D eigenvalue weighted by atomic mass is 16.4. The molecule has 0 aromatic heterocycles. The molecule has 1 saturated heterocycles. The molecule has 102 valence electrons. The quantitative estimate of drug-likeness (QED) is 0.723. The van der Waals surface area contributed by atoms with Gasteiger partial charge in [-0.3, -0.25) is 14.4 Å². The first-order valence-corrected chi connectivity index (χ1v) is 6.11. The van der Waals surface area contributed by atoms with E-state index in [0.717, 1.165) is 0 Å². The molecular formula is C12H20N2O4. The van der Waals surface area contributed by atoms with Crippen LogP contribution in [0.5, 0.6) is 0 Å². The summed E-state index contributed by atoms with van der Waals surface area (Å²) in [5.41, 5.74) is 0. The minimum atomic E-state index is -1.08. The molecule has 1 N–H and O–H groups in total. The standard InChI is InChI=1S/C12H20N2O4/c1-8(2)10(12(17)18)11(16)14-6-4-13(5-7-14)9(3)15/h8,10H,4-7H2,1-3H3,(H,17,18). The molecule has 1 atom stereocenters. The Morgan fingerprint density at radius 3 is 1.78 bits per heavy atom. The number of hydrogen-bond acceptors (Lipinski definition) is 3. The van der Waals surface area contributed by atoms with E-state index in [-0.39, 0.29) is 17.7 Å². The van der Waals surface area contributed by atoms with Crippen molar-refractivity contribution in [3.8, 4) is 0 Å². The highest BCUT2D eigenvalue weighted by molar-refractivity contribution is 5.97. The molecule has 1 aliphatic rings. The second kappa shape index (κ2) is 5.84. The molecule has 0 bridgehead atoms. The van der Waals surface area contributed by atoms with Gasteiger partial charge in [0.1, 0.15) is 5.92 Å². The third-order valence-electron chi connectivity index (χ3n) is 3.24. The Labute approximate surface area is 107 Å². The van der Waals surface area contributed by atoms with Gasteiger partial charge in [0.25, 0.3) is 0 Å². The zero-order chi connectivity index (χ0) is 13.9. The van der Waals surface area contributed by atoms with Crippen molar-refractivity contribution in [1.82, 2.24) is 9.80 Å². The number of hydrogen-bond donors (Lipinski definition) is 1. The van der Waals surface area contributed by atoms with E-state index in [1.165, 1.54) is 11.8 Å². The fourth-order valence-corrected chi connectivity index (χ4v) is 2.11. The summed E-state index contributed by atoms with van der Waals surface area (Å²) < 4.78 is 0. The Hall–Kier alpha value is -1.59. The van der Waals surface area contributed by atoms with Gasteiger partial charge in [0.2, 0.25) is 11.8 Å². The first-order valence-electron chi connectivity index (χ1n) is 6.11. The predicted octanol–water partition coefficient (Wildman–Crippen LogP) is 0.0339. The zero-order valence-corrected chi connectivity index (χ0v) is 11.0. The molecule has 0 aliphatic carbocycles. The fourth-order valence-electron chi connectivity index (χ4n) is 2.11. The lowest BCUT2D eigenvalue weighted by Crippen LogP contribution is -2.53. The molecule has 0 spiro atoms. The van der Waals surface area contributed by atoms with E-state index in [2.05, 4.69) is 0 Å². The highest BCUT2D eigenvalue weighted by Gasteiger charge is 2.34. The lowest BCUT2D eigenvalue weighted by molar-refractivity contribution is -0.155. The second-order valence-corrected chi connectivity index (χ2v) is 4.89. The monoisotopic (exact) mass is 256 g/mol. The van der Waals surface area contributed by atoms with Crippen molar-refractivity contribution >= 4 is 17.8 Å². The van der Waals surface area contributed by atoms with Gasteiger partial charge in [-0.1, -0.05) is 13.8 Å². The molecule has 18 heavy (non-hydrogen) atoms. The molecule has 1 rings (SSSR count). The first-order chi connectivity index (χ1) is 8.34. The van der Waals surface area contributed by atoms with Gasteiger partial charge in [0.15, 0.2) is 0 Å². The summed E-state index contributed by atoms with van der Waals surface area (Å²) in [6.07, 6.45) is 0. The SMILES string of the molecule is CC(=O)N1CCN(C(=O)C(C(=O)O)C(C)C)CC1. The van der Waals surface area contributed by atoms with Crippen LogP contribution in [0.25, 0.3) is 0 Å². The van der Waals surface area contributed by atoms with Crippen molar-refractivity contribution in [3.05, 3.63) is 0 Å². The highest BCUT2D eigenvalue weighted by Crippen LogP contribution is 2.16. The Balaban J connectivity index is 2.64. The van der Waals surface area contributed by atoms with Crippen molar-refractivity contribution in [1.29, 1.82) is 0 Å². The average Bonchev–Trinajstić information content (AvgIpc) is 2.28. The van der Waals surface area contributed by atoms with E-state index in [0.29, 0.717) is 26.2 Å². The third-order valence-corrected chi connectivity index (χ3v) is 3.24. The molecule has 1 fully saturated rings. The molecule has 6 nitrogen and oxygen atoms in total. The minimum Gasteiger partial charge on any atom is -0.481 e. The number of amides is 2. The zero-order valence-electron chi connectivity index (χ0n) is 11.0. The fraction of sp³-hybridized carbons (Fsp3) is 0.750. The van der Waals surface area contributed by atoms with Crippen molar-refractivity contribution < 1.29 is 19.5 Å². The molecule has 1 unspecified atom stereocenters. The van der Waals surface area contributed by atoms with Gasteiger partial charge < -0.3 is 14.9 Å². The van der Waals surface area contributed by atoms with E-state index in [1.54, 1.807) is 18.7 Å². The molecule has 0 aromatic rings.